The number of halogens is 1. The lowest BCUT2D eigenvalue weighted by molar-refractivity contribution is 0.628. The minimum Gasteiger partial charge on any atom is -0.384 e. The molecule has 0 radical (unpaired) electrons. The first kappa shape index (κ1) is 11.0. The zero-order valence-electron chi connectivity index (χ0n) is 9.73. The normalized spacial score (nSPS) is 14.5. The summed E-state index contributed by atoms with van der Waals surface area (Å²) in [7, 11) is 0. The van der Waals surface area contributed by atoms with Crippen LogP contribution in [-0.4, -0.2) is 16.0 Å². The molecule has 1 aromatic heterocycles. The highest BCUT2D eigenvalue weighted by Crippen LogP contribution is 2.25. The molecule has 0 unspecified atom stereocenters. The average Bonchev–Trinajstić information content (AvgIpc) is 3.12. The summed E-state index contributed by atoms with van der Waals surface area (Å²) < 4.78 is 13.2. The van der Waals surface area contributed by atoms with E-state index in [1.54, 1.807) is 18.2 Å². The lowest BCUT2D eigenvalue weighted by Gasteiger charge is -2.07. The van der Waals surface area contributed by atoms with Gasteiger partial charge in [0.05, 0.1) is 5.69 Å². The largest absolute Gasteiger partial charge is 0.384 e. The SMILES string of the molecule is Nc1cc(-c2cccc(F)c2)nc(NC2CC2)n1. The number of nitrogen functional groups attached to an aromatic ring is 1. The third kappa shape index (κ3) is 2.40. The average molecular weight is 244 g/mol. The van der Waals surface area contributed by atoms with Gasteiger partial charge in [0.15, 0.2) is 0 Å². The fourth-order valence-corrected chi connectivity index (χ4v) is 1.74. The molecule has 0 bridgehead atoms. The molecule has 1 aliphatic rings. The Morgan fingerprint density at radius 2 is 2.06 bits per heavy atom. The van der Waals surface area contributed by atoms with Crippen molar-refractivity contribution in [2.24, 2.45) is 0 Å². The van der Waals surface area contributed by atoms with Gasteiger partial charge in [0, 0.05) is 17.7 Å². The molecule has 0 spiro atoms. The number of aromatic nitrogens is 2. The molecule has 92 valence electrons. The van der Waals surface area contributed by atoms with Gasteiger partial charge >= 0.3 is 0 Å². The van der Waals surface area contributed by atoms with Crippen LogP contribution in [0.25, 0.3) is 11.3 Å². The summed E-state index contributed by atoms with van der Waals surface area (Å²) in [6.07, 6.45) is 2.26. The highest BCUT2D eigenvalue weighted by molar-refractivity contribution is 5.63. The van der Waals surface area contributed by atoms with Gasteiger partial charge in [-0.3, -0.25) is 0 Å². The van der Waals surface area contributed by atoms with Crippen LogP contribution >= 0.6 is 0 Å². The number of hydrogen-bond acceptors (Lipinski definition) is 4. The minimum atomic E-state index is -0.290. The summed E-state index contributed by atoms with van der Waals surface area (Å²) in [6.45, 7) is 0. The van der Waals surface area contributed by atoms with Gasteiger partial charge in [0.1, 0.15) is 11.6 Å². The topological polar surface area (TPSA) is 63.8 Å². The molecule has 1 saturated carbocycles. The molecular weight excluding hydrogens is 231 g/mol. The molecular formula is C13H13FN4. The predicted octanol–water partition coefficient (Wildman–Crippen LogP) is 2.44. The Morgan fingerprint density at radius 1 is 1.22 bits per heavy atom. The van der Waals surface area contributed by atoms with E-state index in [2.05, 4.69) is 15.3 Å². The molecule has 4 nitrogen and oxygen atoms in total. The molecule has 3 N–H and O–H groups in total. The first-order valence-electron chi connectivity index (χ1n) is 5.88. The van der Waals surface area contributed by atoms with Crippen LogP contribution in [0.2, 0.25) is 0 Å². The Morgan fingerprint density at radius 3 is 2.78 bits per heavy atom. The van der Waals surface area contributed by atoms with E-state index < -0.39 is 0 Å². The number of hydrogen-bond donors (Lipinski definition) is 2. The number of nitrogens with zero attached hydrogens (tertiary/aromatic N) is 2. The van der Waals surface area contributed by atoms with Gasteiger partial charge in [0.25, 0.3) is 0 Å². The molecule has 18 heavy (non-hydrogen) atoms. The Labute approximate surface area is 104 Å². The Bertz CT molecular complexity index is 581. The van der Waals surface area contributed by atoms with Gasteiger partial charge < -0.3 is 11.1 Å². The standard InChI is InChI=1S/C13H13FN4/c14-9-3-1-2-8(6-9)11-7-12(15)18-13(17-11)16-10-4-5-10/h1-3,6-7,10H,4-5H2,(H3,15,16,17,18). The molecule has 1 heterocycles. The van der Waals surface area contributed by atoms with Crippen LogP contribution in [0.3, 0.4) is 0 Å². The molecule has 1 aliphatic carbocycles. The lowest BCUT2D eigenvalue weighted by Crippen LogP contribution is -2.07. The summed E-state index contributed by atoms with van der Waals surface area (Å²) in [6, 6.07) is 8.38. The molecule has 0 saturated heterocycles. The second-order valence-electron chi connectivity index (χ2n) is 4.43. The maximum Gasteiger partial charge on any atom is 0.225 e. The molecule has 3 rings (SSSR count). The van der Waals surface area contributed by atoms with Gasteiger partial charge in [-0.2, -0.15) is 4.98 Å². The predicted molar refractivity (Wildman–Crippen MR) is 68.5 cm³/mol. The minimum absolute atomic E-state index is 0.290. The van der Waals surface area contributed by atoms with E-state index in [1.807, 2.05) is 0 Å². The van der Waals surface area contributed by atoms with Crippen LogP contribution in [0.4, 0.5) is 16.2 Å². The molecule has 0 atom stereocenters. The second kappa shape index (κ2) is 4.25. The summed E-state index contributed by atoms with van der Waals surface area (Å²) in [4.78, 5) is 8.48. The van der Waals surface area contributed by atoms with E-state index in [-0.39, 0.29) is 5.82 Å². The maximum absolute atomic E-state index is 13.2. The summed E-state index contributed by atoms with van der Waals surface area (Å²) in [5, 5.41) is 3.19. The van der Waals surface area contributed by atoms with Crippen LogP contribution in [0.5, 0.6) is 0 Å². The monoisotopic (exact) mass is 244 g/mol. The van der Waals surface area contributed by atoms with Crippen molar-refractivity contribution in [1.29, 1.82) is 0 Å². The number of rotatable bonds is 3. The van der Waals surface area contributed by atoms with Crippen molar-refractivity contribution in [2.75, 3.05) is 11.1 Å². The van der Waals surface area contributed by atoms with Gasteiger partial charge in [-0.15, -0.1) is 0 Å². The van der Waals surface area contributed by atoms with E-state index in [9.17, 15) is 4.39 Å². The Balaban J connectivity index is 1.97. The van der Waals surface area contributed by atoms with Crippen LogP contribution in [0, 0.1) is 5.82 Å². The zero-order chi connectivity index (χ0) is 12.5. The second-order valence-corrected chi connectivity index (χ2v) is 4.43. The Kier molecular flexibility index (Phi) is 2.59. The van der Waals surface area contributed by atoms with Crippen molar-refractivity contribution >= 4 is 11.8 Å². The fourth-order valence-electron chi connectivity index (χ4n) is 1.74. The van der Waals surface area contributed by atoms with E-state index in [0.717, 1.165) is 12.8 Å². The van der Waals surface area contributed by atoms with Crippen LogP contribution in [0.15, 0.2) is 30.3 Å². The summed E-state index contributed by atoms with van der Waals surface area (Å²) in [5.41, 5.74) is 7.07. The number of anilines is 2. The number of benzene rings is 1. The van der Waals surface area contributed by atoms with Crippen molar-refractivity contribution in [3.63, 3.8) is 0 Å². The molecule has 2 aromatic rings. The highest BCUT2D eigenvalue weighted by atomic mass is 19.1. The van der Waals surface area contributed by atoms with Crippen LogP contribution in [0.1, 0.15) is 12.8 Å². The number of nitrogens with two attached hydrogens (primary N) is 1. The first-order chi connectivity index (χ1) is 8.70. The van der Waals surface area contributed by atoms with E-state index in [4.69, 9.17) is 5.73 Å². The quantitative estimate of drug-likeness (QED) is 0.870. The van der Waals surface area contributed by atoms with Gasteiger partial charge in [-0.05, 0) is 25.0 Å². The fraction of sp³-hybridized carbons (Fsp3) is 0.231. The van der Waals surface area contributed by atoms with Gasteiger partial charge in [-0.1, -0.05) is 12.1 Å². The molecule has 1 aromatic carbocycles. The van der Waals surface area contributed by atoms with E-state index >= 15 is 0 Å². The van der Waals surface area contributed by atoms with Crippen molar-refractivity contribution in [3.8, 4) is 11.3 Å². The highest BCUT2D eigenvalue weighted by Gasteiger charge is 2.22. The molecule has 0 aliphatic heterocycles. The smallest absolute Gasteiger partial charge is 0.225 e. The molecule has 0 amide bonds. The van der Waals surface area contributed by atoms with Crippen LogP contribution < -0.4 is 11.1 Å². The number of nitrogens with one attached hydrogen (secondary N) is 1. The molecule has 1 fully saturated rings. The van der Waals surface area contributed by atoms with Crippen molar-refractivity contribution in [2.45, 2.75) is 18.9 Å². The third-order valence-corrected chi connectivity index (χ3v) is 2.78. The van der Waals surface area contributed by atoms with E-state index in [0.29, 0.717) is 29.1 Å². The van der Waals surface area contributed by atoms with Crippen LogP contribution in [-0.2, 0) is 0 Å². The summed E-state index contributed by atoms with van der Waals surface area (Å²) >= 11 is 0. The molecule has 5 heteroatoms. The first-order valence-corrected chi connectivity index (χ1v) is 5.88. The zero-order valence-corrected chi connectivity index (χ0v) is 9.73. The van der Waals surface area contributed by atoms with E-state index in [1.165, 1.54) is 12.1 Å². The van der Waals surface area contributed by atoms with Crippen molar-refractivity contribution in [3.05, 3.63) is 36.1 Å². The van der Waals surface area contributed by atoms with Gasteiger partial charge in [0.2, 0.25) is 5.95 Å². The van der Waals surface area contributed by atoms with Crippen molar-refractivity contribution in [1.82, 2.24) is 9.97 Å². The summed E-state index contributed by atoms with van der Waals surface area (Å²) in [5.74, 6) is 0.602. The Hall–Kier alpha value is -2.17. The third-order valence-electron chi connectivity index (χ3n) is 2.78. The van der Waals surface area contributed by atoms with Gasteiger partial charge in [-0.25, -0.2) is 9.37 Å². The maximum atomic E-state index is 13.2. The lowest BCUT2D eigenvalue weighted by atomic mass is 10.1. The van der Waals surface area contributed by atoms with Crippen molar-refractivity contribution < 1.29 is 4.39 Å².